The number of nitrogens with one attached hydrogen (secondary N) is 1. The molecule has 45 heavy (non-hydrogen) atoms. The standard InChI is InChI=1S/C31H40F3N5O6/c1-17(40)44-21(16-38(4)5)13-26(42)45-20-9-6-18(7-10-20)36-23-12-19(8-11-22(23)29(35)43)39-24-14-30(2,3)15-25(41)27(24)28(37-39)31(32,33)34/h8,11-12,18,20-21,36H,6-7,9-10,13-16H2,1-5H3,(H2,35,43)/t18-,20+,21?. The molecule has 1 aromatic carbocycles. The van der Waals surface area contributed by atoms with Crippen LogP contribution in [0, 0.1) is 5.41 Å². The number of halogens is 3. The highest BCUT2D eigenvalue weighted by Gasteiger charge is 2.45. The number of rotatable bonds is 10. The number of benzene rings is 1. The van der Waals surface area contributed by atoms with Crippen LogP contribution >= 0.6 is 0 Å². The number of amides is 1. The van der Waals surface area contributed by atoms with Crippen molar-refractivity contribution in [3.63, 3.8) is 0 Å². The van der Waals surface area contributed by atoms with E-state index in [2.05, 4.69) is 10.4 Å². The SMILES string of the molecule is CC(=O)OC(CC(=O)O[C@H]1CC[C@@H](Nc2cc(-n3nc(C(F)(F)F)c4c3CC(C)(C)CC4=O)ccc2C(N)=O)CC1)CN(C)C. The summed E-state index contributed by atoms with van der Waals surface area (Å²) in [6.45, 7) is 5.29. The number of hydrogen-bond acceptors (Lipinski definition) is 9. The third kappa shape index (κ3) is 8.41. The first kappa shape index (κ1) is 33.9. The molecule has 1 aromatic heterocycles. The first-order chi connectivity index (χ1) is 20.9. The summed E-state index contributed by atoms with van der Waals surface area (Å²) in [6.07, 6.45) is -3.48. The average molecular weight is 636 g/mol. The number of fused-ring (bicyclic) bond motifs is 1. The number of alkyl halides is 3. The van der Waals surface area contributed by atoms with E-state index in [9.17, 15) is 32.3 Å². The van der Waals surface area contributed by atoms with Crippen molar-refractivity contribution in [2.24, 2.45) is 11.1 Å². The van der Waals surface area contributed by atoms with Gasteiger partial charge in [0.25, 0.3) is 5.91 Å². The molecular weight excluding hydrogens is 595 g/mol. The van der Waals surface area contributed by atoms with E-state index < -0.39 is 52.6 Å². The van der Waals surface area contributed by atoms with Crippen molar-refractivity contribution in [1.29, 1.82) is 0 Å². The van der Waals surface area contributed by atoms with E-state index in [1.165, 1.54) is 25.1 Å². The Kier molecular flexibility index (Phi) is 9.95. The van der Waals surface area contributed by atoms with Crippen LogP contribution in [0.2, 0.25) is 0 Å². The second-order valence-corrected chi connectivity index (χ2v) is 12.9. The average Bonchev–Trinajstić information content (AvgIpc) is 3.28. The van der Waals surface area contributed by atoms with Crippen LogP contribution in [-0.2, 0) is 31.7 Å². The zero-order chi connectivity index (χ0) is 33.3. The normalized spacial score (nSPS) is 20.3. The number of esters is 2. The van der Waals surface area contributed by atoms with Crippen molar-refractivity contribution in [2.45, 2.75) is 90.1 Å². The molecule has 2 aliphatic carbocycles. The van der Waals surface area contributed by atoms with Crippen LogP contribution in [-0.4, -0.2) is 77.2 Å². The Morgan fingerprint density at radius 3 is 2.40 bits per heavy atom. The van der Waals surface area contributed by atoms with E-state index in [0.29, 0.717) is 37.9 Å². The van der Waals surface area contributed by atoms with Gasteiger partial charge in [0.1, 0.15) is 12.2 Å². The Hall–Kier alpha value is -3.94. The molecule has 0 spiro atoms. The molecule has 4 rings (SSSR count). The molecule has 1 heterocycles. The van der Waals surface area contributed by atoms with Crippen LogP contribution in [0.1, 0.15) is 91.4 Å². The molecule has 3 N–H and O–H groups in total. The smallest absolute Gasteiger partial charge is 0.435 e. The van der Waals surface area contributed by atoms with E-state index >= 15 is 0 Å². The quantitative estimate of drug-likeness (QED) is 0.365. The number of carbonyl (C=O) groups excluding carboxylic acids is 4. The lowest BCUT2D eigenvalue weighted by molar-refractivity contribution is -0.158. The molecule has 1 atom stereocenters. The highest BCUT2D eigenvalue weighted by atomic mass is 19.4. The molecule has 14 heteroatoms. The third-order valence-corrected chi connectivity index (χ3v) is 7.95. The number of anilines is 1. The predicted molar refractivity (Wildman–Crippen MR) is 158 cm³/mol. The molecule has 246 valence electrons. The van der Waals surface area contributed by atoms with Gasteiger partial charge in [-0.25, -0.2) is 4.68 Å². The van der Waals surface area contributed by atoms with Gasteiger partial charge in [0.05, 0.1) is 28.9 Å². The minimum Gasteiger partial charge on any atom is -0.462 e. The first-order valence-electron chi connectivity index (χ1n) is 14.9. The number of ether oxygens (including phenoxy) is 2. The molecule has 1 fully saturated rings. The van der Waals surface area contributed by atoms with Gasteiger partial charge in [-0.1, -0.05) is 13.8 Å². The third-order valence-electron chi connectivity index (χ3n) is 7.95. The van der Waals surface area contributed by atoms with E-state index in [1.54, 1.807) is 14.1 Å². The van der Waals surface area contributed by atoms with Gasteiger partial charge >= 0.3 is 18.1 Å². The maximum absolute atomic E-state index is 13.9. The molecular formula is C31H40F3N5O6. The predicted octanol–water partition coefficient (Wildman–Crippen LogP) is 4.29. The van der Waals surface area contributed by atoms with Crippen LogP contribution < -0.4 is 11.1 Å². The van der Waals surface area contributed by atoms with Gasteiger partial charge in [-0.2, -0.15) is 18.3 Å². The number of Topliss-reactive ketones (excluding diaryl/α,β-unsaturated/α-hetero) is 1. The van der Waals surface area contributed by atoms with E-state index in [4.69, 9.17) is 15.2 Å². The summed E-state index contributed by atoms with van der Waals surface area (Å²) in [7, 11) is 3.61. The van der Waals surface area contributed by atoms with Crippen LogP contribution in [0.5, 0.6) is 0 Å². The Labute approximate surface area is 259 Å². The lowest BCUT2D eigenvalue weighted by Crippen LogP contribution is -2.35. The molecule has 2 aromatic rings. The summed E-state index contributed by atoms with van der Waals surface area (Å²) >= 11 is 0. The number of likely N-dealkylation sites (N-methyl/N-ethyl adjacent to an activating group) is 1. The molecule has 0 bridgehead atoms. The van der Waals surface area contributed by atoms with Crippen molar-refractivity contribution < 1.29 is 41.8 Å². The maximum Gasteiger partial charge on any atom is 0.435 e. The van der Waals surface area contributed by atoms with E-state index in [0.717, 1.165) is 4.68 Å². The maximum atomic E-state index is 13.9. The van der Waals surface area contributed by atoms with Gasteiger partial charge in [0, 0.05) is 31.6 Å². The minimum absolute atomic E-state index is 0.0248. The molecule has 2 aliphatic rings. The van der Waals surface area contributed by atoms with Crippen molar-refractivity contribution in [2.75, 3.05) is 26.0 Å². The minimum atomic E-state index is -4.82. The second-order valence-electron chi connectivity index (χ2n) is 12.9. The molecule has 1 unspecified atom stereocenters. The van der Waals surface area contributed by atoms with Crippen LogP contribution in [0.25, 0.3) is 5.69 Å². The van der Waals surface area contributed by atoms with E-state index in [1.807, 2.05) is 18.7 Å². The van der Waals surface area contributed by atoms with Gasteiger partial charge in [-0.3, -0.25) is 19.2 Å². The number of nitrogens with zero attached hydrogens (tertiary/aromatic N) is 3. The molecule has 0 radical (unpaired) electrons. The lowest BCUT2D eigenvalue weighted by atomic mass is 9.75. The number of carbonyl (C=O) groups is 4. The fourth-order valence-corrected chi connectivity index (χ4v) is 6.11. The second kappa shape index (κ2) is 13.2. The van der Waals surface area contributed by atoms with Crippen molar-refractivity contribution >= 4 is 29.3 Å². The van der Waals surface area contributed by atoms with Crippen molar-refractivity contribution in [1.82, 2.24) is 14.7 Å². The van der Waals surface area contributed by atoms with E-state index in [-0.39, 0.29) is 48.4 Å². The zero-order valence-corrected chi connectivity index (χ0v) is 26.1. The lowest BCUT2D eigenvalue weighted by Gasteiger charge is -2.31. The van der Waals surface area contributed by atoms with Crippen molar-refractivity contribution in [3.8, 4) is 5.69 Å². The van der Waals surface area contributed by atoms with Gasteiger partial charge in [0.15, 0.2) is 11.5 Å². The fraction of sp³-hybridized carbons (Fsp3) is 0.581. The van der Waals surface area contributed by atoms with Gasteiger partial charge in [-0.05, 0) is 69.8 Å². The molecule has 0 saturated heterocycles. The van der Waals surface area contributed by atoms with Crippen LogP contribution in [0.15, 0.2) is 18.2 Å². The molecule has 1 amide bonds. The largest absolute Gasteiger partial charge is 0.462 e. The monoisotopic (exact) mass is 635 g/mol. The van der Waals surface area contributed by atoms with Crippen LogP contribution in [0.4, 0.5) is 18.9 Å². The Balaban J connectivity index is 1.50. The molecule has 11 nitrogen and oxygen atoms in total. The summed E-state index contributed by atoms with van der Waals surface area (Å²) in [5, 5.41) is 7.15. The highest BCUT2D eigenvalue weighted by molar-refractivity contribution is 6.00. The Morgan fingerprint density at radius 1 is 1.16 bits per heavy atom. The van der Waals surface area contributed by atoms with Crippen LogP contribution in [0.3, 0.4) is 0 Å². The number of hydrogen-bond donors (Lipinski definition) is 2. The van der Waals surface area contributed by atoms with Crippen molar-refractivity contribution in [3.05, 3.63) is 40.7 Å². The Morgan fingerprint density at radius 2 is 1.82 bits per heavy atom. The molecule has 0 aliphatic heterocycles. The fourth-order valence-electron chi connectivity index (χ4n) is 6.11. The van der Waals surface area contributed by atoms with Gasteiger partial charge in [-0.15, -0.1) is 0 Å². The number of nitrogens with two attached hydrogens (primary N) is 1. The number of primary amides is 1. The summed E-state index contributed by atoms with van der Waals surface area (Å²) in [5.41, 5.74) is 4.33. The topological polar surface area (TPSA) is 146 Å². The number of aromatic nitrogens is 2. The first-order valence-corrected chi connectivity index (χ1v) is 14.9. The number of ketones is 1. The summed E-state index contributed by atoms with van der Waals surface area (Å²) in [4.78, 5) is 50.9. The molecule has 1 saturated carbocycles. The highest BCUT2D eigenvalue weighted by Crippen LogP contribution is 2.42. The summed E-state index contributed by atoms with van der Waals surface area (Å²) < 4.78 is 53.9. The Bertz CT molecular complexity index is 1460. The van der Waals surface area contributed by atoms with Gasteiger partial charge in [0.2, 0.25) is 0 Å². The summed E-state index contributed by atoms with van der Waals surface area (Å²) in [6, 6.07) is 4.26. The summed E-state index contributed by atoms with van der Waals surface area (Å²) in [5.74, 6) is -2.28. The van der Waals surface area contributed by atoms with Gasteiger partial charge < -0.3 is 25.4 Å². The zero-order valence-electron chi connectivity index (χ0n) is 26.1.